The number of thioether (sulfide) groups is 1. The molecule has 1 aliphatic heterocycles. The van der Waals surface area contributed by atoms with Crippen LogP contribution < -0.4 is 4.90 Å². The number of fused-ring (bicyclic) bond motifs is 1. The lowest BCUT2D eigenvalue weighted by atomic mass is 9.91. The van der Waals surface area contributed by atoms with Gasteiger partial charge in [-0.1, -0.05) is 32.9 Å². The van der Waals surface area contributed by atoms with Crippen LogP contribution in [0.25, 0.3) is 0 Å². The van der Waals surface area contributed by atoms with Crippen LogP contribution in [-0.4, -0.2) is 18.2 Å². The van der Waals surface area contributed by atoms with Crippen molar-refractivity contribution < 1.29 is 4.79 Å². The SMILES string of the molecule is CC(C)(C)CC(=O)N1CCCSc2ccccc21. The van der Waals surface area contributed by atoms with E-state index in [0.717, 1.165) is 24.4 Å². The van der Waals surface area contributed by atoms with Crippen molar-refractivity contribution in [2.45, 2.75) is 38.5 Å². The summed E-state index contributed by atoms with van der Waals surface area (Å²) in [6.07, 6.45) is 1.67. The fourth-order valence-corrected chi connectivity index (χ4v) is 3.13. The smallest absolute Gasteiger partial charge is 0.227 e. The van der Waals surface area contributed by atoms with E-state index in [0.29, 0.717) is 6.42 Å². The Bertz CT molecular complexity index is 436. The number of para-hydroxylation sites is 1. The molecule has 0 aromatic heterocycles. The first-order chi connectivity index (χ1) is 8.47. The molecule has 0 atom stereocenters. The van der Waals surface area contributed by atoms with Gasteiger partial charge in [-0.15, -0.1) is 11.8 Å². The number of anilines is 1. The van der Waals surface area contributed by atoms with Gasteiger partial charge in [0, 0.05) is 17.9 Å². The van der Waals surface area contributed by atoms with Crippen LogP contribution in [-0.2, 0) is 4.79 Å². The first-order valence-electron chi connectivity index (χ1n) is 6.49. The van der Waals surface area contributed by atoms with Crippen molar-refractivity contribution in [3.63, 3.8) is 0 Å². The molecule has 0 saturated heterocycles. The summed E-state index contributed by atoms with van der Waals surface area (Å²) in [5.74, 6) is 1.34. The van der Waals surface area contributed by atoms with Gasteiger partial charge in [0.2, 0.25) is 5.91 Å². The van der Waals surface area contributed by atoms with E-state index in [9.17, 15) is 4.79 Å². The van der Waals surface area contributed by atoms with Gasteiger partial charge in [-0.3, -0.25) is 4.79 Å². The van der Waals surface area contributed by atoms with Crippen molar-refractivity contribution in [1.82, 2.24) is 0 Å². The summed E-state index contributed by atoms with van der Waals surface area (Å²) in [6.45, 7) is 7.19. The lowest BCUT2D eigenvalue weighted by Gasteiger charge is -2.26. The highest BCUT2D eigenvalue weighted by Gasteiger charge is 2.25. The first kappa shape index (κ1) is 13.5. The molecule has 0 fully saturated rings. The number of carbonyl (C=O) groups excluding carboxylic acids is 1. The Kier molecular flexibility index (Phi) is 4.00. The number of benzene rings is 1. The normalized spacial score (nSPS) is 16.1. The molecule has 18 heavy (non-hydrogen) atoms. The van der Waals surface area contributed by atoms with Crippen LogP contribution in [0.2, 0.25) is 0 Å². The third kappa shape index (κ3) is 3.29. The van der Waals surface area contributed by atoms with Gasteiger partial charge < -0.3 is 4.90 Å². The maximum Gasteiger partial charge on any atom is 0.227 e. The summed E-state index contributed by atoms with van der Waals surface area (Å²) in [5.41, 5.74) is 1.14. The third-order valence-corrected chi connectivity index (χ3v) is 4.07. The monoisotopic (exact) mass is 263 g/mol. The molecule has 1 aromatic carbocycles. The second-order valence-electron chi connectivity index (χ2n) is 5.95. The molecule has 0 bridgehead atoms. The van der Waals surface area contributed by atoms with Gasteiger partial charge in [-0.05, 0) is 29.7 Å². The van der Waals surface area contributed by atoms with Crippen LogP contribution in [0, 0.1) is 5.41 Å². The molecule has 98 valence electrons. The van der Waals surface area contributed by atoms with Crippen LogP contribution >= 0.6 is 11.8 Å². The molecule has 3 heteroatoms. The van der Waals surface area contributed by atoms with Gasteiger partial charge >= 0.3 is 0 Å². The zero-order valence-corrected chi connectivity index (χ0v) is 12.2. The predicted octanol–water partition coefficient (Wildman–Crippen LogP) is 3.95. The Morgan fingerprint density at radius 3 is 2.78 bits per heavy atom. The number of nitrogens with zero attached hydrogens (tertiary/aromatic N) is 1. The van der Waals surface area contributed by atoms with Crippen molar-refractivity contribution >= 4 is 23.4 Å². The van der Waals surface area contributed by atoms with Gasteiger partial charge in [-0.25, -0.2) is 0 Å². The molecular formula is C15H21NOS. The second kappa shape index (κ2) is 5.35. The average molecular weight is 263 g/mol. The summed E-state index contributed by atoms with van der Waals surface area (Å²) in [7, 11) is 0. The molecule has 2 nitrogen and oxygen atoms in total. The van der Waals surface area contributed by atoms with Crippen LogP contribution in [0.1, 0.15) is 33.6 Å². The second-order valence-corrected chi connectivity index (χ2v) is 7.09. The first-order valence-corrected chi connectivity index (χ1v) is 7.48. The topological polar surface area (TPSA) is 20.3 Å². The molecule has 1 amide bonds. The minimum absolute atomic E-state index is 0.0471. The minimum Gasteiger partial charge on any atom is -0.311 e. The van der Waals surface area contributed by atoms with E-state index in [-0.39, 0.29) is 11.3 Å². The third-order valence-electron chi connectivity index (χ3n) is 2.92. The van der Waals surface area contributed by atoms with Crippen molar-refractivity contribution in [2.24, 2.45) is 5.41 Å². The quantitative estimate of drug-likeness (QED) is 0.764. The lowest BCUT2D eigenvalue weighted by molar-refractivity contribution is -0.120. The van der Waals surface area contributed by atoms with Crippen molar-refractivity contribution in [2.75, 3.05) is 17.2 Å². The predicted molar refractivity (Wildman–Crippen MR) is 78.2 cm³/mol. The maximum absolute atomic E-state index is 12.4. The van der Waals surface area contributed by atoms with Gasteiger partial charge in [0.15, 0.2) is 0 Å². The number of carbonyl (C=O) groups is 1. The fraction of sp³-hybridized carbons (Fsp3) is 0.533. The Balaban J connectivity index is 2.25. The molecule has 1 heterocycles. The van der Waals surface area contributed by atoms with Crippen molar-refractivity contribution in [3.8, 4) is 0 Å². The van der Waals surface area contributed by atoms with E-state index in [1.807, 2.05) is 28.8 Å². The number of hydrogen-bond acceptors (Lipinski definition) is 2. The van der Waals surface area contributed by atoms with E-state index in [4.69, 9.17) is 0 Å². The van der Waals surface area contributed by atoms with E-state index in [1.165, 1.54) is 4.90 Å². The van der Waals surface area contributed by atoms with Crippen LogP contribution in [0.15, 0.2) is 29.2 Å². The zero-order chi connectivity index (χ0) is 13.2. The minimum atomic E-state index is 0.0471. The number of rotatable bonds is 1. The molecule has 0 saturated carbocycles. The summed E-state index contributed by atoms with van der Waals surface area (Å²) in [6, 6.07) is 8.24. The van der Waals surface area contributed by atoms with Crippen LogP contribution in [0.3, 0.4) is 0 Å². The molecular weight excluding hydrogens is 242 g/mol. The Morgan fingerprint density at radius 2 is 2.06 bits per heavy atom. The van der Waals surface area contributed by atoms with Gasteiger partial charge in [-0.2, -0.15) is 0 Å². The molecule has 0 spiro atoms. The summed E-state index contributed by atoms with van der Waals surface area (Å²) in [5, 5.41) is 0. The molecule has 1 aromatic rings. The Labute approximate surface area is 114 Å². The molecule has 0 unspecified atom stereocenters. The molecule has 0 N–H and O–H groups in total. The fourth-order valence-electron chi connectivity index (χ4n) is 2.14. The molecule has 2 rings (SSSR count). The Hall–Kier alpha value is -0.960. The van der Waals surface area contributed by atoms with Gasteiger partial charge in [0.25, 0.3) is 0 Å². The highest BCUT2D eigenvalue weighted by molar-refractivity contribution is 7.99. The van der Waals surface area contributed by atoms with Gasteiger partial charge in [0.05, 0.1) is 5.69 Å². The summed E-state index contributed by atoms with van der Waals surface area (Å²) in [4.78, 5) is 15.7. The highest BCUT2D eigenvalue weighted by atomic mass is 32.2. The van der Waals surface area contributed by atoms with Crippen LogP contribution in [0.5, 0.6) is 0 Å². The number of amides is 1. The highest BCUT2D eigenvalue weighted by Crippen LogP contribution is 2.34. The lowest BCUT2D eigenvalue weighted by Crippen LogP contribution is -2.34. The molecule has 1 aliphatic rings. The van der Waals surface area contributed by atoms with E-state index < -0.39 is 0 Å². The summed E-state index contributed by atoms with van der Waals surface area (Å²) < 4.78 is 0. The summed E-state index contributed by atoms with van der Waals surface area (Å²) >= 11 is 1.85. The molecule has 0 aliphatic carbocycles. The Morgan fingerprint density at radius 1 is 1.33 bits per heavy atom. The zero-order valence-electron chi connectivity index (χ0n) is 11.4. The number of hydrogen-bond donors (Lipinski definition) is 0. The standard InChI is InChI=1S/C15H21NOS/c1-15(2,3)11-14(17)16-9-6-10-18-13-8-5-4-7-12(13)16/h4-5,7-8H,6,9-11H2,1-3H3. The largest absolute Gasteiger partial charge is 0.311 e. The maximum atomic E-state index is 12.4. The van der Waals surface area contributed by atoms with Gasteiger partial charge in [0.1, 0.15) is 0 Å². The molecule has 0 radical (unpaired) electrons. The van der Waals surface area contributed by atoms with Crippen molar-refractivity contribution in [1.29, 1.82) is 0 Å². The van der Waals surface area contributed by atoms with E-state index >= 15 is 0 Å². The van der Waals surface area contributed by atoms with E-state index in [2.05, 4.69) is 32.9 Å². The van der Waals surface area contributed by atoms with Crippen molar-refractivity contribution in [3.05, 3.63) is 24.3 Å². The average Bonchev–Trinajstić information content (AvgIpc) is 2.48. The van der Waals surface area contributed by atoms with Crippen LogP contribution in [0.4, 0.5) is 5.69 Å². The van der Waals surface area contributed by atoms with E-state index in [1.54, 1.807) is 0 Å².